The van der Waals surface area contributed by atoms with Crippen molar-refractivity contribution < 1.29 is 17.6 Å². The lowest BCUT2D eigenvalue weighted by molar-refractivity contribution is 0.0693. The van der Waals surface area contributed by atoms with Crippen LogP contribution in [0, 0.1) is 12.7 Å². The van der Waals surface area contributed by atoms with Crippen LogP contribution < -0.4 is 0 Å². The van der Waals surface area contributed by atoms with Crippen LogP contribution in [0.2, 0.25) is 0 Å². The highest BCUT2D eigenvalue weighted by atomic mass is 32.2. The summed E-state index contributed by atoms with van der Waals surface area (Å²) in [5, 5.41) is 0. The lowest BCUT2D eigenvalue weighted by atomic mass is 10.1. The third-order valence-electron chi connectivity index (χ3n) is 5.10. The van der Waals surface area contributed by atoms with Gasteiger partial charge >= 0.3 is 0 Å². The number of halogens is 1. The van der Waals surface area contributed by atoms with Gasteiger partial charge in [-0.05, 0) is 31.2 Å². The molecule has 160 valence electrons. The van der Waals surface area contributed by atoms with Gasteiger partial charge in [0.1, 0.15) is 10.7 Å². The van der Waals surface area contributed by atoms with Crippen molar-refractivity contribution in [3.05, 3.63) is 72.1 Å². The van der Waals surface area contributed by atoms with Gasteiger partial charge in [0, 0.05) is 44.1 Å². The van der Waals surface area contributed by atoms with E-state index in [2.05, 4.69) is 15.0 Å². The molecule has 0 atom stereocenters. The van der Waals surface area contributed by atoms with Crippen LogP contribution in [0.5, 0.6) is 0 Å². The van der Waals surface area contributed by atoms with Gasteiger partial charge in [0.25, 0.3) is 5.91 Å². The summed E-state index contributed by atoms with van der Waals surface area (Å²) in [4.78, 5) is 26.6. The van der Waals surface area contributed by atoms with E-state index >= 15 is 0 Å². The van der Waals surface area contributed by atoms with E-state index in [9.17, 15) is 17.6 Å². The zero-order valence-corrected chi connectivity index (χ0v) is 17.6. The second-order valence-electron chi connectivity index (χ2n) is 7.06. The fourth-order valence-electron chi connectivity index (χ4n) is 3.42. The highest BCUT2D eigenvalue weighted by Gasteiger charge is 2.32. The Hall–Kier alpha value is -3.24. The van der Waals surface area contributed by atoms with Crippen LogP contribution in [0.3, 0.4) is 0 Å². The number of sulfonamides is 1. The molecule has 0 radical (unpaired) electrons. The monoisotopic (exact) mass is 441 g/mol. The highest BCUT2D eigenvalue weighted by molar-refractivity contribution is 7.89. The first-order valence-electron chi connectivity index (χ1n) is 9.66. The molecule has 0 N–H and O–H groups in total. The van der Waals surface area contributed by atoms with Crippen LogP contribution in [-0.2, 0) is 10.0 Å². The van der Waals surface area contributed by atoms with Gasteiger partial charge < -0.3 is 4.90 Å². The molecule has 8 nitrogen and oxygen atoms in total. The molecule has 1 aromatic carbocycles. The van der Waals surface area contributed by atoms with E-state index in [1.807, 2.05) is 0 Å². The molecule has 3 aromatic rings. The summed E-state index contributed by atoms with van der Waals surface area (Å²) in [6.07, 6.45) is 4.54. The number of aryl methyl sites for hydroxylation is 1. The number of rotatable bonds is 4. The van der Waals surface area contributed by atoms with Crippen LogP contribution in [-0.4, -0.2) is 64.7 Å². The smallest absolute Gasteiger partial charge is 0.256 e. The van der Waals surface area contributed by atoms with E-state index in [0.717, 1.165) is 0 Å². The molecule has 0 saturated carbocycles. The minimum Gasteiger partial charge on any atom is -0.336 e. The second-order valence-corrected chi connectivity index (χ2v) is 8.97. The van der Waals surface area contributed by atoms with Crippen molar-refractivity contribution in [2.75, 3.05) is 26.2 Å². The van der Waals surface area contributed by atoms with Gasteiger partial charge in [-0.25, -0.2) is 22.8 Å². The van der Waals surface area contributed by atoms with E-state index < -0.39 is 21.7 Å². The first kappa shape index (κ1) is 21.0. The third-order valence-corrected chi connectivity index (χ3v) is 7.10. The fourth-order valence-corrected chi connectivity index (χ4v) is 4.95. The maximum absolute atomic E-state index is 13.9. The molecule has 1 saturated heterocycles. The number of carbonyl (C=O) groups excluding carboxylic acids is 1. The van der Waals surface area contributed by atoms with Crippen molar-refractivity contribution in [1.29, 1.82) is 0 Å². The highest BCUT2D eigenvalue weighted by Crippen LogP contribution is 2.23. The predicted molar refractivity (Wildman–Crippen MR) is 111 cm³/mol. The number of pyridine rings is 1. The number of benzene rings is 1. The van der Waals surface area contributed by atoms with Crippen LogP contribution in [0.25, 0.3) is 11.4 Å². The molecule has 1 aliphatic heterocycles. The Balaban J connectivity index is 1.49. The summed E-state index contributed by atoms with van der Waals surface area (Å²) in [6, 6.07) is 9.30. The average Bonchev–Trinajstić information content (AvgIpc) is 2.79. The van der Waals surface area contributed by atoms with Crippen molar-refractivity contribution >= 4 is 15.9 Å². The minimum absolute atomic E-state index is 0.0194. The van der Waals surface area contributed by atoms with E-state index in [1.165, 1.54) is 33.6 Å². The van der Waals surface area contributed by atoms with Gasteiger partial charge in [-0.1, -0.05) is 12.1 Å². The number of carbonyl (C=O) groups is 1. The maximum atomic E-state index is 13.9. The van der Waals surface area contributed by atoms with Gasteiger partial charge in [-0.15, -0.1) is 0 Å². The molecular weight excluding hydrogens is 421 g/mol. The van der Waals surface area contributed by atoms with Crippen LogP contribution >= 0.6 is 0 Å². The lowest BCUT2D eigenvalue weighted by Crippen LogP contribution is -2.50. The Morgan fingerprint density at radius 2 is 1.77 bits per heavy atom. The number of hydrogen-bond donors (Lipinski definition) is 0. The maximum Gasteiger partial charge on any atom is 0.256 e. The Morgan fingerprint density at radius 1 is 1.03 bits per heavy atom. The third kappa shape index (κ3) is 4.17. The standard InChI is InChI=1S/C21H20FN5O3S/c1-15-19(14-24-20(25-15)16-5-4-8-23-13-16)31(29,30)27-11-9-26(10-12-27)21(28)17-6-2-3-7-18(17)22/h2-8,13-14H,9-12H2,1H3. The van der Waals surface area contributed by atoms with Crippen molar-refractivity contribution in [3.63, 3.8) is 0 Å². The first-order valence-corrected chi connectivity index (χ1v) is 11.1. The summed E-state index contributed by atoms with van der Waals surface area (Å²) >= 11 is 0. The van der Waals surface area contributed by atoms with E-state index in [1.54, 1.807) is 37.5 Å². The number of piperazine rings is 1. The number of amides is 1. The van der Waals surface area contributed by atoms with Gasteiger partial charge in [-0.2, -0.15) is 4.31 Å². The zero-order chi connectivity index (χ0) is 22.0. The molecule has 0 aliphatic carbocycles. The summed E-state index contributed by atoms with van der Waals surface area (Å²) in [5.74, 6) is -0.649. The number of hydrogen-bond acceptors (Lipinski definition) is 6. The van der Waals surface area contributed by atoms with E-state index in [4.69, 9.17) is 0 Å². The topological polar surface area (TPSA) is 96.4 Å². The summed E-state index contributed by atoms with van der Waals surface area (Å²) < 4.78 is 41.5. The van der Waals surface area contributed by atoms with Crippen molar-refractivity contribution in [2.45, 2.75) is 11.8 Å². The van der Waals surface area contributed by atoms with Crippen LogP contribution in [0.4, 0.5) is 4.39 Å². The van der Waals surface area contributed by atoms with Gasteiger partial charge in [-0.3, -0.25) is 9.78 Å². The molecule has 0 unspecified atom stereocenters. The quantitative estimate of drug-likeness (QED) is 0.616. The van der Waals surface area contributed by atoms with Crippen molar-refractivity contribution in [2.24, 2.45) is 0 Å². The van der Waals surface area contributed by atoms with Gasteiger partial charge in [0.2, 0.25) is 10.0 Å². The Morgan fingerprint density at radius 3 is 2.42 bits per heavy atom. The molecule has 0 bridgehead atoms. The Bertz CT molecular complexity index is 1210. The van der Waals surface area contributed by atoms with Crippen molar-refractivity contribution in [3.8, 4) is 11.4 Å². The average molecular weight is 441 g/mol. The minimum atomic E-state index is -3.83. The van der Waals surface area contributed by atoms with E-state index in [0.29, 0.717) is 17.1 Å². The second kappa shape index (κ2) is 8.48. The Kier molecular flexibility index (Phi) is 5.75. The fraction of sp³-hybridized carbons (Fsp3) is 0.238. The molecule has 2 aromatic heterocycles. The molecule has 0 spiro atoms. The first-order chi connectivity index (χ1) is 14.9. The van der Waals surface area contributed by atoms with Crippen LogP contribution in [0.1, 0.15) is 16.1 Å². The zero-order valence-electron chi connectivity index (χ0n) is 16.8. The molecular formula is C21H20FN5O3S. The summed E-state index contributed by atoms with van der Waals surface area (Å²) in [6.45, 7) is 2.16. The van der Waals surface area contributed by atoms with Gasteiger partial charge in [0.15, 0.2) is 5.82 Å². The van der Waals surface area contributed by atoms with Crippen molar-refractivity contribution in [1.82, 2.24) is 24.2 Å². The van der Waals surface area contributed by atoms with E-state index in [-0.39, 0.29) is 36.6 Å². The molecule has 1 aliphatic rings. The number of nitrogens with zero attached hydrogens (tertiary/aromatic N) is 5. The molecule has 31 heavy (non-hydrogen) atoms. The Labute approximate surface area is 179 Å². The molecule has 4 rings (SSSR count). The number of aromatic nitrogens is 3. The predicted octanol–water partition coefficient (Wildman–Crippen LogP) is 2.13. The largest absolute Gasteiger partial charge is 0.336 e. The molecule has 1 fully saturated rings. The summed E-state index contributed by atoms with van der Waals surface area (Å²) in [7, 11) is -3.83. The van der Waals surface area contributed by atoms with Gasteiger partial charge in [0.05, 0.1) is 17.5 Å². The molecule has 10 heteroatoms. The van der Waals surface area contributed by atoms with Crippen LogP contribution in [0.15, 0.2) is 59.9 Å². The lowest BCUT2D eigenvalue weighted by Gasteiger charge is -2.34. The SMILES string of the molecule is Cc1nc(-c2cccnc2)ncc1S(=O)(=O)N1CCN(C(=O)c2ccccc2F)CC1. The molecule has 3 heterocycles. The molecule has 1 amide bonds. The normalized spacial score (nSPS) is 15.1. The summed E-state index contributed by atoms with van der Waals surface area (Å²) in [5.41, 5.74) is 1.00.